The van der Waals surface area contributed by atoms with Gasteiger partial charge in [0.05, 0.1) is 5.56 Å². The molecule has 2 rings (SSSR count). The molecule has 0 aliphatic heterocycles. The summed E-state index contributed by atoms with van der Waals surface area (Å²) in [5.41, 5.74) is -0.244. The van der Waals surface area contributed by atoms with Crippen molar-refractivity contribution in [1.82, 2.24) is 5.32 Å². The molecule has 0 saturated heterocycles. The summed E-state index contributed by atoms with van der Waals surface area (Å²) in [4.78, 5) is 12.3. The van der Waals surface area contributed by atoms with Crippen molar-refractivity contribution in [3.05, 3.63) is 65.2 Å². The lowest BCUT2D eigenvalue weighted by Gasteiger charge is -2.10. The summed E-state index contributed by atoms with van der Waals surface area (Å²) in [6.07, 6.45) is -4.45. The van der Waals surface area contributed by atoms with E-state index in [-0.39, 0.29) is 12.1 Å². The van der Waals surface area contributed by atoms with E-state index < -0.39 is 23.4 Å². The van der Waals surface area contributed by atoms with Crippen molar-refractivity contribution in [1.29, 1.82) is 0 Å². The molecule has 2 aromatic rings. The maximum atomic E-state index is 12.6. The third-order valence-corrected chi connectivity index (χ3v) is 3.77. The molecule has 1 amide bonds. The van der Waals surface area contributed by atoms with Crippen LogP contribution in [0.2, 0.25) is 0 Å². The molecule has 0 radical (unpaired) electrons. The normalized spacial score (nSPS) is 11.6. The van der Waals surface area contributed by atoms with Crippen LogP contribution in [0, 0.1) is 0 Å². The number of thioether (sulfide) groups is 1. The van der Waals surface area contributed by atoms with Crippen LogP contribution < -0.4 is 5.32 Å². The van der Waals surface area contributed by atoms with E-state index in [9.17, 15) is 26.7 Å². The van der Waals surface area contributed by atoms with Gasteiger partial charge < -0.3 is 5.32 Å². The van der Waals surface area contributed by atoms with Crippen LogP contribution >= 0.6 is 11.8 Å². The van der Waals surface area contributed by atoms with Crippen molar-refractivity contribution in [2.45, 2.75) is 23.4 Å². The fourth-order valence-electron chi connectivity index (χ4n) is 1.93. The number of carbonyl (C=O) groups is 1. The second-order valence-electron chi connectivity index (χ2n) is 4.78. The molecule has 0 spiro atoms. The van der Waals surface area contributed by atoms with Crippen molar-refractivity contribution in [3.63, 3.8) is 0 Å². The largest absolute Gasteiger partial charge is 0.416 e. The Balaban J connectivity index is 1.98. The molecule has 0 atom stereocenters. The molecule has 24 heavy (non-hydrogen) atoms. The Morgan fingerprint density at radius 1 is 1.08 bits per heavy atom. The minimum absolute atomic E-state index is 0.0731. The molecule has 2 nitrogen and oxygen atoms in total. The van der Waals surface area contributed by atoms with E-state index in [1.165, 1.54) is 36.4 Å². The van der Waals surface area contributed by atoms with Crippen LogP contribution in [0.3, 0.4) is 0 Å². The number of halogens is 5. The van der Waals surface area contributed by atoms with Crippen LogP contribution in [-0.2, 0) is 12.7 Å². The molecule has 0 unspecified atom stereocenters. The minimum atomic E-state index is -4.45. The van der Waals surface area contributed by atoms with Gasteiger partial charge >= 0.3 is 6.18 Å². The van der Waals surface area contributed by atoms with Gasteiger partial charge in [0.15, 0.2) is 0 Å². The molecule has 0 bridgehead atoms. The molecule has 1 N–H and O–H groups in total. The first-order valence-corrected chi connectivity index (χ1v) is 7.63. The number of rotatable bonds is 5. The van der Waals surface area contributed by atoms with Gasteiger partial charge in [0, 0.05) is 17.0 Å². The predicted octanol–water partition coefficient (Wildman–Crippen LogP) is 4.95. The SMILES string of the molecule is O=C(NCc1cccc(C(F)(F)F)c1)c1ccc(SC(F)F)cc1. The highest BCUT2D eigenvalue weighted by Crippen LogP contribution is 2.29. The van der Waals surface area contributed by atoms with Gasteiger partial charge in [0.1, 0.15) is 0 Å². The summed E-state index contributed by atoms with van der Waals surface area (Å²) in [5.74, 6) is -3.05. The maximum Gasteiger partial charge on any atom is 0.416 e. The smallest absolute Gasteiger partial charge is 0.348 e. The Kier molecular flexibility index (Phi) is 5.82. The van der Waals surface area contributed by atoms with Gasteiger partial charge in [-0.25, -0.2) is 0 Å². The monoisotopic (exact) mass is 361 g/mol. The van der Waals surface area contributed by atoms with Gasteiger partial charge in [-0.2, -0.15) is 22.0 Å². The summed E-state index contributed by atoms with van der Waals surface area (Å²) in [6.45, 7) is -0.0731. The van der Waals surface area contributed by atoms with E-state index in [0.717, 1.165) is 12.1 Å². The average Bonchev–Trinajstić information content (AvgIpc) is 2.52. The van der Waals surface area contributed by atoms with Crippen LogP contribution in [0.5, 0.6) is 0 Å². The molecule has 0 heterocycles. The number of carbonyl (C=O) groups excluding carboxylic acids is 1. The topological polar surface area (TPSA) is 29.1 Å². The van der Waals surface area contributed by atoms with E-state index in [0.29, 0.717) is 22.2 Å². The lowest BCUT2D eigenvalue weighted by Crippen LogP contribution is -2.23. The highest BCUT2D eigenvalue weighted by atomic mass is 32.2. The van der Waals surface area contributed by atoms with E-state index in [1.54, 1.807) is 0 Å². The molecular formula is C16H12F5NOS. The lowest BCUT2D eigenvalue weighted by molar-refractivity contribution is -0.137. The van der Waals surface area contributed by atoms with Crippen LogP contribution in [0.4, 0.5) is 22.0 Å². The van der Waals surface area contributed by atoms with Crippen LogP contribution in [0.25, 0.3) is 0 Å². The number of amides is 1. The van der Waals surface area contributed by atoms with Gasteiger partial charge in [-0.1, -0.05) is 23.9 Å². The number of nitrogens with one attached hydrogen (secondary N) is 1. The van der Waals surface area contributed by atoms with Crippen molar-refractivity contribution in [2.24, 2.45) is 0 Å². The molecule has 0 aromatic heterocycles. The van der Waals surface area contributed by atoms with Crippen molar-refractivity contribution in [3.8, 4) is 0 Å². The fraction of sp³-hybridized carbons (Fsp3) is 0.188. The first-order chi connectivity index (χ1) is 11.3. The summed E-state index contributed by atoms with van der Waals surface area (Å²) in [5, 5.41) is 2.49. The Morgan fingerprint density at radius 3 is 2.33 bits per heavy atom. The second kappa shape index (κ2) is 7.65. The zero-order valence-electron chi connectivity index (χ0n) is 12.1. The Hall–Kier alpha value is -2.09. The van der Waals surface area contributed by atoms with Crippen molar-refractivity contribution in [2.75, 3.05) is 0 Å². The highest BCUT2D eigenvalue weighted by molar-refractivity contribution is 7.99. The van der Waals surface area contributed by atoms with E-state index in [4.69, 9.17) is 0 Å². The van der Waals surface area contributed by atoms with Gasteiger partial charge in [-0.3, -0.25) is 4.79 Å². The zero-order valence-corrected chi connectivity index (χ0v) is 12.9. The molecule has 128 valence electrons. The standard InChI is InChI=1S/C16H12F5NOS/c17-15(18)24-13-6-4-11(5-7-13)14(23)22-9-10-2-1-3-12(8-10)16(19,20)21/h1-8,15H,9H2,(H,22,23). The Morgan fingerprint density at radius 2 is 1.75 bits per heavy atom. The van der Waals surface area contributed by atoms with Gasteiger partial charge in [0.25, 0.3) is 11.7 Å². The summed E-state index contributed by atoms with van der Waals surface area (Å²) in [7, 11) is 0. The van der Waals surface area contributed by atoms with Crippen molar-refractivity contribution >= 4 is 17.7 Å². The van der Waals surface area contributed by atoms with E-state index in [2.05, 4.69) is 5.32 Å². The highest BCUT2D eigenvalue weighted by Gasteiger charge is 2.30. The lowest BCUT2D eigenvalue weighted by atomic mass is 10.1. The van der Waals surface area contributed by atoms with Gasteiger partial charge in [-0.15, -0.1) is 0 Å². The van der Waals surface area contributed by atoms with Crippen molar-refractivity contribution < 1.29 is 26.7 Å². The first kappa shape index (κ1) is 18.3. The van der Waals surface area contributed by atoms with Crippen LogP contribution in [-0.4, -0.2) is 11.7 Å². The third-order valence-electron chi connectivity index (χ3n) is 3.05. The quantitative estimate of drug-likeness (QED) is 0.603. The van der Waals surface area contributed by atoms with E-state index >= 15 is 0 Å². The van der Waals surface area contributed by atoms with E-state index in [1.807, 2.05) is 0 Å². The fourth-order valence-corrected chi connectivity index (χ4v) is 2.43. The molecule has 0 aliphatic rings. The molecule has 2 aromatic carbocycles. The van der Waals surface area contributed by atoms with Crippen LogP contribution in [0.15, 0.2) is 53.4 Å². The number of benzene rings is 2. The van der Waals surface area contributed by atoms with Crippen LogP contribution in [0.1, 0.15) is 21.5 Å². The number of hydrogen-bond donors (Lipinski definition) is 1. The Labute approximate surface area is 139 Å². The predicted molar refractivity (Wildman–Crippen MR) is 80.9 cm³/mol. The third kappa shape index (κ3) is 5.23. The molecule has 0 saturated carbocycles. The second-order valence-corrected chi connectivity index (χ2v) is 5.85. The maximum absolute atomic E-state index is 12.6. The number of alkyl halides is 5. The Bertz CT molecular complexity index is 700. The molecule has 0 fully saturated rings. The molecular weight excluding hydrogens is 349 g/mol. The summed E-state index contributed by atoms with van der Waals surface area (Å²) in [6, 6.07) is 10.2. The zero-order chi connectivity index (χ0) is 17.7. The number of hydrogen-bond acceptors (Lipinski definition) is 2. The van der Waals surface area contributed by atoms with Gasteiger partial charge in [0.2, 0.25) is 0 Å². The summed E-state index contributed by atoms with van der Waals surface area (Å²) >= 11 is 0.361. The first-order valence-electron chi connectivity index (χ1n) is 6.75. The molecule has 0 aliphatic carbocycles. The average molecular weight is 361 g/mol. The summed E-state index contributed by atoms with van der Waals surface area (Å²) < 4.78 is 62.3. The van der Waals surface area contributed by atoms with Gasteiger partial charge in [-0.05, 0) is 42.0 Å². The minimum Gasteiger partial charge on any atom is -0.348 e. The molecule has 8 heteroatoms.